The molecule has 0 amide bonds. The van der Waals surface area contributed by atoms with Crippen LogP contribution in [0.15, 0.2) is 88.1 Å². The van der Waals surface area contributed by atoms with Crippen LogP contribution in [-0.2, 0) is 16.6 Å². The SMILES string of the molecule is CS(=O)c1cccc(N(N=O)c2ccc(SCc3ccncc3)cc2)c1.O. The van der Waals surface area contributed by atoms with E-state index in [1.807, 2.05) is 36.4 Å². The maximum Gasteiger partial charge on any atom is 0.0697 e. The predicted octanol–water partition coefficient (Wildman–Crippen LogP) is 4.11. The minimum absolute atomic E-state index is 0. The molecule has 27 heavy (non-hydrogen) atoms. The summed E-state index contributed by atoms with van der Waals surface area (Å²) < 4.78 is 11.7. The van der Waals surface area contributed by atoms with Crippen molar-refractivity contribution in [2.75, 3.05) is 11.3 Å². The molecule has 8 heteroatoms. The van der Waals surface area contributed by atoms with Crippen LogP contribution in [0.2, 0.25) is 0 Å². The molecule has 0 bridgehead atoms. The number of thioether (sulfide) groups is 1. The first-order valence-corrected chi connectivity index (χ1v) is 10.4. The molecule has 0 spiro atoms. The van der Waals surface area contributed by atoms with E-state index in [2.05, 4.69) is 10.3 Å². The first-order chi connectivity index (χ1) is 12.7. The molecule has 1 atom stereocenters. The van der Waals surface area contributed by atoms with Crippen LogP contribution < -0.4 is 5.01 Å². The van der Waals surface area contributed by atoms with E-state index in [1.54, 1.807) is 54.7 Å². The molecule has 0 saturated carbocycles. The van der Waals surface area contributed by atoms with E-state index in [0.717, 1.165) is 10.6 Å². The fraction of sp³-hybridized carbons (Fsp3) is 0.105. The molecule has 0 aliphatic rings. The molecule has 0 aliphatic heterocycles. The molecule has 6 nitrogen and oxygen atoms in total. The van der Waals surface area contributed by atoms with Crippen LogP contribution in [0.4, 0.5) is 11.4 Å². The largest absolute Gasteiger partial charge is 0.412 e. The highest BCUT2D eigenvalue weighted by molar-refractivity contribution is 7.98. The van der Waals surface area contributed by atoms with Gasteiger partial charge in [-0.25, -0.2) is 0 Å². The predicted molar refractivity (Wildman–Crippen MR) is 111 cm³/mol. The van der Waals surface area contributed by atoms with E-state index in [-0.39, 0.29) is 5.48 Å². The normalized spacial score (nSPS) is 11.3. The first kappa shape index (κ1) is 20.8. The van der Waals surface area contributed by atoms with Gasteiger partial charge in [0.25, 0.3) is 0 Å². The molecule has 2 N–H and O–H groups in total. The second kappa shape index (κ2) is 9.96. The highest BCUT2D eigenvalue weighted by Crippen LogP contribution is 2.30. The minimum Gasteiger partial charge on any atom is -0.412 e. The summed E-state index contributed by atoms with van der Waals surface area (Å²) in [5.74, 6) is 0.849. The van der Waals surface area contributed by atoms with E-state index in [1.165, 1.54) is 10.6 Å². The van der Waals surface area contributed by atoms with E-state index in [9.17, 15) is 9.12 Å². The van der Waals surface area contributed by atoms with Crippen LogP contribution in [0.5, 0.6) is 0 Å². The van der Waals surface area contributed by atoms with Crippen LogP contribution in [-0.4, -0.2) is 20.9 Å². The lowest BCUT2D eigenvalue weighted by molar-refractivity contribution is 0.687. The summed E-state index contributed by atoms with van der Waals surface area (Å²) >= 11 is 1.71. The monoisotopic (exact) mass is 401 g/mol. The third-order valence-electron chi connectivity index (χ3n) is 3.71. The van der Waals surface area contributed by atoms with Gasteiger partial charge in [0, 0.05) is 45.0 Å². The Balaban J connectivity index is 0.00000261. The van der Waals surface area contributed by atoms with Gasteiger partial charge in [0.1, 0.15) is 0 Å². The highest BCUT2D eigenvalue weighted by atomic mass is 32.2. The smallest absolute Gasteiger partial charge is 0.0697 e. The first-order valence-electron chi connectivity index (χ1n) is 7.86. The molecule has 1 heterocycles. The van der Waals surface area contributed by atoms with Gasteiger partial charge in [-0.1, -0.05) is 6.07 Å². The Labute approximate surface area is 164 Å². The van der Waals surface area contributed by atoms with Crippen LogP contribution in [0.1, 0.15) is 5.56 Å². The van der Waals surface area contributed by atoms with Gasteiger partial charge in [-0.15, -0.1) is 16.7 Å². The summed E-state index contributed by atoms with van der Waals surface area (Å²) in [6.07, 6.45) is 5.17. The standard InChI is InChI=1S/C19H17N3O2S2.H2O/c1-26(24)19-4-2-3-17(13-19)22(21-23)16-5-7-18(8-6-16)25-14-15-9-11-20-12-10-15;/h2-13H,14H2,1H3;1H2. The van der Waals surface area contributed by atoms with Crippen LogP contribution >= 0.6 is 11.8 Å². The molecule has 0 fully saturated rings. The molecule has 2 aromatic carbocycles. The van der Waals surface area contributed by atoms with Gasteiger partial charge in [0.2, 0.25) is 0 Å². The Morgan fingerprint density at radius 3 is 2.37 bits per heavy atom. The van der Waals surface area contributed by atoms with Gasteiger partial charge >= 0.3 is 0 Å². The van der Waals surface area contributed by atoms with E-state index < -0.39 is 10.8 Å². The van der Waals surface area contributed by atoms with Gasteiger partial charge in [-0.3, -0.25) is 9.19 Å². The van der Waals surface area contributed by atoms with Crippen LogP contribution in [0.3, 0.4) is 0 Å². The Kier molecular flexibility index (Phi) is 7.66. The zero-order valence-corrected chi connectivity index (χ0v) is 16.2. The highest BCUT2D eigenvalue weighted by Gasteiger charge is 2.11. The maximum atomic E-state index is 11.7. The number of aromatic nitrogens is 1. The van der Waals surface area contributed by atoms with Gasteiger partial charge in [0.15, 0.2) is 0 Å². The van der Waals surface area contributed by atoms with Crippen molar-refractivity contribution in [2.24, 2.45) is 5.29 Å². The van der Waals surface area contributed by atoms with Crippen molar-refractivity contribution in [2.45, 2.75) is 15.5 Å². The fourth-order valence-electron chi connectivity index (χ4n) is 2.37. The van der Waals surface area contributed by atoms with Crippen molar-refractivity contribution in [3.8, 4) is 0 Å². The van der Waals surface area contributed by atoms with Crippen LogP contribution in [0.25, 0.3) is 0 Å². The second-order valence-corrected chi connectivity index (χ2v) is 7.91. The number of rotatable bonds is 7. The quantitative estimate of drug-likeness (QED) is 0.337. The average Bonchev–Trinajstić information content (AvgIpc) is 2.69. The molecule has 0 radical (unpaired) electrons. The molecule has 0 saturated heterocycles. The van der Waals surface area contributed by atoms with E-state index in [0.29, 0.717) is 16.3 Å². The fourth-order valence-corrected chi connectivity index (χ4v) is 3.78. The molecular weight excluding hydrogens is 382 g/mol. The number of nitroso groups, excluding NO2 is 1. The number of nitrogens with zero attached hydrogens (tertiary/aromatic N) is 3. The molecular formula is C19H19N3O3S2. The molecule has 1 aromatic heterocycles. The summed E-state index contributed by atoms with van der Waals surface area (Å²) in [6.45, 7) is 0. The van der Waals surface area contributed by atoms with Crippen molar-refractivity contribution >= 4 is 33.9 Å². The minimum atomic E-state index is -1.12. The van der Waals surface area contributed by atoms with Crippen LogP contribution in [0, 0.1) is 4.91 Å². The number of hydrogen-bond acceptors (Lipinski definition) is 5. The summed E-state index contributed by atoms with van der Waals surface area (Å²) in [5.41, 5.74) is 2.45. The third kappa shape index (κ3) is 5.46. The Hall–Kier alpha value is -2.55. The van der Waals surface area contributed by atoms with E-state index >= 15 is 0 Å². The zero-order valence-electron chi connectivity index (χ0n) is 14.6. The second-order valence-electron chi connectivity index (χ2n) is 5.48. The summed E-state index contributed by atoms with van der Waals surface area (Å²) in [6, 6.07) is 18.6. The molecule has 0 aliphatic carbocycles. The Morgan fingerprint density at radius 2 is 1.74 bits per heavy atom. The Morgan fingerprint density at radius 1 is 1.04 bits per heavy atom. The summed E-state index contributed by atoms with van der Waals surface area (Å²) in [4.78, 5) is 17.1. The number of benzene rings is 2. The van der Waals surface area contributed by atoms with Gasteiger partial charge in [-0.2, -0.15) is 5.01 Å². The lowest BCUT2D eigenvalue weighted by Gasteiger charge is -2.16. The van der Waals surface area contributed by atoms with Crippen molar-refractivity contribution in [1.29, 1.82) is 0 Å². The summed E-state index contributed by atoms with van der Waals surface area (Å²) in [7, 11) is -1.12. The molecule has 1 unspecified atom stereocenters. The molecule has 140 valence electrons. The van der Waals surface area contributed by atoms with Crippen molar-refractivity contribution in [3.63, 3.8) is 0 Å². The average molecular weight is 402 g/mol. The van der Waals surface area contributed by atoms with Crippen molar-refractivity contribution < 1.29 is 9.69 Å². The topological polar surface area (TPSA) is 94.1 Å². The number of anilines is 2. The van der Waals surface area contributed by atoms with Gasteiger partial charge in [-0.05, 0) is 60.2 Å². The maximum absolute atomic E-state index is 11.7. The summed E-state index contributed by atoms with van der Waals surface area (Å²) in [5, 5.41) is 4.42. The molecule has 3 rings (SSSR count). The van der Waals surface area contributed by atoms with Gasteiger partial charge in [0.05, 0.1) is 16.7 Å². The third-order valence-corrected chi connectivity index (χ3v) is 5.71. The van der Waals surface area contributed by atoms with Crippen molar-refractivity contribution in [3.05, 3.63) is 83.5 Å². The lowest BCUT2D eigenvalue weighted by atomic mass is 10.2. The number of pyridine rings is 1. The van der Waals surface area contributed by atoms with E-state index in [4.69, 9.17) is 0 Å². The zero-order chi connectivity index (χ0) is 18.4. The molecule has 3 aromatic rings. The van der Waals surface area contributed by atoms with Gasteiger partial charge < -0.3 is 5.48 Å². The lowest BCUT2D eigenvalue weighted by Crippen LogP contribution is -2.07. The van der Waals surface area contributed by atoms with Crippen molar-refractivity contribution in [1.82, 2.24) is 4.98 Å². The number of hydrogen-bond donors (Lipinski definition) is 0. The Bertz CT molecular complexity index is 906.